The number of aliphatic imine (C=N–C) groups is 1. The van der Waals surface area contributed by atoms with Gasteiger partial charge in [0.25, 0.3) is 0 Å². The molecular weight excluding hydrogens is 357 g/mol. The predicted molar refractivity (Wildman–Crippen MR) is 99.8 cm³/mol. The first-order valence-corrected chi connectivity index (χ1v) is 10.3. The van der Waals surface area contributed by atoms with Crippen LogP contribution in [0.5, 0.6) is 0 Å². The van der Waals surface area contributed by atoms with E-state index < -0.39 is 12.1 Å². The first-order valence-electron chi connectivity index (χ1n) is 10.3. The van der Waals surface area contributed by atoms with Crippen molar-refractivity contribution in [3.05, 3.63) is 0 Å². The highest BCUT2D eigenvalue weighted by molar-refractivity contribution is 5.80. The third-order valence-electron chi connectivity index (χ3n) is 6.28. The lowest BCUT2D eigenvalue weighted by Crippen LogP contribution is -2.53. The monoisotopic (exact) mass is 390 g/mol. The Morgan fingerprint density at radius 2 is 1.74 bits per heavy atom. The predicted octanol–water partition coefficient (Wildman–Crippen LogP) is 2.58. The summed E-state index contributed by atoms with van der Waals surface area (Å²) in [6, 6.07) is 0. The van der Waals surface area contributed by atoms with Gasteiger partial charge in [0.1, 0.15) is 0 Å². The molecule has 0 radical (unpaired) electrons. The van der Waals surface area contributed by atoms with Crippen molar-refractivity contribution in [2.75, 3.05) is 59.5 Å². The van der Waals surface area contributed by atoms with Crippen LogP contribution in [0.2, 0.25) is 0 Å². The molecular formula is C19H33F3N4O. The van der Waals surface area contributed by atoms with E-state index in [1.165, 1.54) is 6.42 Å². The van der Waals surface area contributed by atoms with Crippen molar-refractivity contribution in [3.8, 4) is 0 Å². The minimum atomic E-state index is -4.03. The molecule has 3 aliphatic rings. The third-order valence-corrected chi connectivity index (χ3v) is 6.28. The van der Waals surface area contributed by atoms with Gasteiger partial charge in [-0.25, -0.2) is 0 Å². The molecule has 0 amide bonds. The average molecular weight is 390 g/mol. The highest BCUT2D eigenvalue weighted by atomic mass is 19.4. The van der Waals surface area contributed by atoms with Gasteiger partial charge in [-0.1, -0.05) is 0 Å². The van der Waals surface area contributed by atoms with E-state index in [0.717, 1.165) is 58.4 Å². The topological polar surface area (TPSA) is 40.1 Å². The fourth-order valence-corrected chi connectivity index (χ4v) is 4.50. The first-order chi connectivity index (χ1) is 13.0. The van der Waals surface area contributed by atoms with Crippen molar-refractivity contribution in [1.82, 2.24) is 15.1 Å². The van der Waals surface area contributed by atoms with E-state index in [1.807, 2.05) is 0 Å². The van der Waals surface area contributed by atoms with Crippen molar-refractivity contribution >= 4 is 5.96 Å². The van der Waals surface area contributed by atoms with Gasteiger partial charge in [0.15, 0.2) is 5.96 Å². The molecule has 156 valence electrons. The van der Waals surface area contributed by atoms with Crippen LogP contribution in [0.3, 0.4) is 0 Å². The molecule has 0 spiro atoms. The minimum Gasteiger partial charge on any atom is -0.381 e. The molecule has 2 aliphatic heterocycles. The summed E-state index contributed by atoms with van der Waals surface area (Å²) in [5, 5.41) is 3.41. The lowest BCUT2D eigenvalue weighted by Gasteiger charge is -2.38. The summed E-state index contributed by atoms with van der Waals surface area (Å²) in [5.41, 5.74) is 0. The number of nitrogens with one attached hydrogen (secondary N) is 1. The first kappa shape index (κ1) is 20.7. The van der Waals surface area contributed by atoms with Crippen molar-refractivity contribution < 1.29 is 17.9 Å². The summed E-state index contributed by atoms with van der Waals surface area (Å²) in [6.07, 6.45) is -1.05. The largest absolute Gasteiger partial charge is 0.391 e. The third kappa shape index (κ3) is 5.98. The van der Waals surface area contributed by atoms with Gasteiger partial charge in [-0.2, -0.15) is 13.2 Å². The van der Waals surface area contributed by atoms with Crippen molar-refractivity contribution in [3.63, 3.8) is 0 Å². The standard InChI is InChI=1S/C19H33F3N4O/c1-23-18(24-12-15-2-4-17(5-3-15)19(20,21)22)26-9-7-25(8-10-26)13-16-6-11-27-14-16/h15-17H,2-14H2,1H3,(H,23,24). The van der Waals surface area contributed by atoms with Crippen molar-refractivity contribution in [2.45, 2.75) is 38.3 Å². The number of rotatable bonds is 4. The van der Waals surface area contributed by atoms with Crippen LogP contribution in [-0.2, 0) is 4.74 Å². The average Bonchev–Trinajstić information content (AvgIpc) is 3.16. The summed E-state index contributed by atoms with van der Waals surface area (Å²) in [5.74, 6) is 0.757. The molecule has 2 saturated heterocycles. The number of guanidine groups is 1. The lowest BCUT2D eigenvalue weighted by molar-refractivity contribution is -0.183. The molecule has 8 heteroatoms. The van der Waals surface area contributed by atoms with Gasteiger partial charge in [0.2, 0.25) is 0 Å². The van der Waals surface area contributed by atoms with E-state index >= 15 is 0 Å². The summed E-state index contributed by atoms with van der Waals surface area (Å²) < 4.78 is 43.8. The van der Waals surface area contributed by atoms with E-state index in [-0.39, 0.29) is 12.8 Å². The summed E-state index contributed by atoms with van der Waals surface area (Å²) >= 11 is 0. The lowest BCUT2D eigenvalue weighted by atomic mass is 9.81. The molecule has 5 nitrogen and oxygen atoms in total. The minimum absolute atomic E-state index is 0.262. The van der Waals surface area contributed by atoms with E-state index in [9.17, 15) is 13.2 Å². The highest BCUT2D eigenvalue weighted by Gasteiger charge is 2.41. The van der Waals surface area contributed by atoms with Crippen LogP contribution in [0.25, 0.3) is 0 Å². The number of piperazine rings is 1. The normalized spacial score (nSPS) is 31.3. The quantitative estimate of drug-likeness (QED) is 0.592. The zero-order valence-corrected chi connectivity index (χ0v) is 16.3. The van der Waals surface area contributed by atoms with Gasteiger partial charge in [-0.15, -0.1) is 0 Å². The summed E-state index contributed by atoms with van der Waals surface area (Å²) in [7, 11) is 1.78. The second-order valence-corrected chi connectivity index (χ2v) is 8.20. The summed E-state index contributed by atoms with van der Waals surface area (Å²) in [4.78, 5) is 9.16. The Kier molecular flexibility index (Phi) is 7.25. The molecule has 0 aromatic carbocycles. The van der Waals surface area contributed by atoms with Crippen LogP contribution in [0.4, 0.5) is 13.2 Å². The molecule has 1 atom stereocenters. The maximum atomic E-state index is 12.8. The Labute approximate surface area is 160 Å². The molecule has 0 bridgehead atoms. The Morgan fingerprint density at radius 3 is 2.30 bits per heavy atom. The molecule has 2 heterocycles. The molecule has 1 unspecified atom stereocenters. The van der Waals surface area contributed by atoms with Gasteiger partial charge in [-0.3, -0.25) is 9.89 Å². The molecule has 3 rings (SSSR count). The molecule has 3 fully saturated rings. The molecule has 27 heavy (non-hydrogen) atoms. The van der Waals surface area contributed by atoms with Crippen LogP contribution in [-0.4, -0.2) is 81.5 Å². The van der Waals surface area contributed by atoms with Gasteiger partial charge < -0.3 is 15.0 Å². The smallest absolute Gasteiger partial charge is 0.381 e. The molecule has 1 aliphatic carbocycles. The van der Waals surface area contributed by atoms with Gasteiger partial charge in [0.05, 0.1) is 12.5 Å². The van der Waals surface area contributed by atoms with Crippen LogP contribution < -0.4 is 5.32 Å². The number of alkyl halides is 3. The summed E-state index contributed by atoms with van der Waals surface area (Å²) in [6.45, 7) is 7.54. The van der Waals surface area contributed by atoms with E-state index in [2.05, 4.69) is 20.1 Å². The number of hydrogen-bond acceptors (Lipinski definition) is 3. The Morgan fingerprint density at radius 1 is 1.04 bits per heavy atom. The van der Waals surface area contributed by atoms with Crippen LogP contribution in [0, 0.1) is 17.8 Å². The molecule has 0 aromatic heterocycles. The molecule has 1 saturated carbocycles. The number of ether oxygens (including phenoxy) is 1. The van der Waals surface area contributed by atoms with E-state index in [4.69, 9.17) is 4.74 Å². The van der Waals surface area contributed by atoms with Gasteiger partial charge in [0, 0.05) is 52.9 Å². The van der Waals surface area contributed by atoms with Gasteiger partial charge >= 0.3 is 6.18 Å². The number of hydrogen-bond donors (Lipinski definition) is 1. The number of nitrogens with zero attached hydrogens (tertiary/aromatic N) is 3. The highest BCUT2D eigenvalue weighted by Crippen LogP contribution is 2.39. The van der Waals surface area contributed by atoms with Crippen molar-refractivity contribution in [2.24, 2.45) is 22.7 Å². The van der Waals surface area contributed by atoms with E-state index in [1.54, 1.807) is 7.05 Å². The van der Waals surface area contributed by atoms with E-state index in [0.29, 0.717) is 24.7 Å². The van der Waals surface area contributed by atoms with Crippen LogP contribution in [0.1, 0.15) is 32.1 Å². The Balaban J connectivity index is 1.36. The number of halogens is 3. The maximum absolute atomic E-state index is 12.8. The zero-order valence-electron chi connectivity index (χ0n) is 16.3. The Bertz CT molecular complexity index is 478. The fourth-order valence-electron chi connectivity index (χ4n) is 4.50. The fraction of sp³-hybridized carbons (Fsp3) is 0.947. The maximum Gasteiger partial charge on any atom is 0.391 e. The SMILES string of the molecule is CN=C(NCC1CCC(C(F)(F)F)CC1)N1CCN(CC2CCOC2)CC1. The van der Waals surface area contributed by atoms with Crippen molar-refractivity contribution in [1.29, 1.82) is 0 Å². The zero-order chi connectivity index (χ0) is 19.3. The second-order valence-electron chi connectivity index (χ2n) is 8.20. The second kappa shape index (κ2) is 9.45. The molecule has 1 N–H and O–H groups in total. The van der Waals surface area contributed by atoms with Crippen LogP contribution >= 0.6 is 0 Å². The van der Waals surface area contributed by atoms with Crippen LogP contribution in [0.15, 0.2) is 4.99 Å². The van der Waals surface area contributed by atoms with Gasteiger partial charge in [-0.05, 0) is 43.9 Å². The Hall–Kier alpha value is -1.02. The molecule has 0 aromatic rings.